The Balaban J connectivity index is 0.00000154. The second kappa shape index (κ2) is 21.2. The van der Waals surface area contributed by atoms with E-state index >= 15 is 0 Å². The first kappa shape index (κ1) is 40.3. The number of nitrogens with zero attached hydrogens (tertiary/aromatic N) is 2. The van der Waals surface area contributed by atoms with Crippen LogP contribution in [0.15, 0.2) is 146 Å². The molecule has 6 rings (SSSR count). The molecule has 182 valence electrons. The normalized spacial score (nSPS) is 9.62. The minimum Gasteiger partial charge on any atom is -0.358 e. The van der Waals surface area contributed by atoms with E-state index in [0.717, 1.165) is 34.1 Å². The van der Waals surface area contributed by atoms with Gasteiger partial charge < -0.3 is 9.80 Å². The Kier molecular flexibility index (Phi) is 20.3. The van der Waals surface area contributed by atoms with E-state index < -0.39 is 0 Å². The molecule has 0 spiro atoms. The van der Waals surface area contributed by atoms with Gasteiger partial charge >= 0.3 is 233 Å². The van der Waals surface area contributed by atoms with Crippen molar-refractivity contribution in [1.82, 2.24) is 0 Å². The SMILES string of the molecule is [Rb+].[Rb+].[Rb+].[Rb+].[c-]1ccc(N(c2cc[c-]cc2)c2ccc(-c3ccc(N(c4cc[c-]cc4)c4cc[c-]cc4)cc3)cc2)cc1. The maximum absolute atomic E-state index is 3.12. The summed E-state index contributed by atoms with van der Waals surface area (Å²) in [5.41, 5.74) is 8.87. The summed E-state index contributed by atoms with van der Waals surface area (Å²) in [5.74, 6) is 0. The summed E-state index contributed by atoms with van der Waals surface area (Å²) in [6, 6.07) is 62.0. The van der Waals surface area contributed by atoms with E-state index in [1.807, 2.05) is 48.5 Å². The number of hydrogen-bond donors (Lipinski definition) is 0. The molecule has 0 atom stereocenters. The van der Waals surface area contributed by atoms with Gasteiger partial charge in [0.1, 0.15) is 0 Å². The standard InChI is InChI=1S/C36H24N2.4Rb/c1-5-13-31(14-6-1)37(32-15-7-2-8-16-32)35-25-21-29(22-26-35)30-23-27-36(28-24-30)38(33-17-9-3-10-18-33)34-19-11-4-12-20-34;;;;/h5-28H;;;;/q-4;4*+1. The number of hydrogen-bond acceptors (Lipinski definition) is 2. The molecule has 0 aliphatic heterocycles. The Hall–Kier alpha value is 2.14. The minimum atomic E-state index is 0. The average molecular weight is 826 g/mol. The van der Waals surface area contributed by atoms with Crippen LogP contribution in [0.4, 0.5) is 34.1 Å². The molecular formula is C36H24N2Rb4. The molecule has 0 bridgehead atoms. The molecule has 0 aliphatic carbocycles. The van der Waals surface area contributed by atoms with Crippen molar-refractivity contribution in [3.63, 3.8) is 0 Å². The maximum Gasteiger partial charge on any atom is 1.00 e. The first-order valence-corrected chi connectivity index (χ1v) is 12.5. The van der Waals surface area contributed by atoms with E-state index in [4.69, 9.17) is 0 Å². The van der Waals surface area contributed by atoms with E-state index in [1.165, 1.54) is 11.1 Å². The maximum atomic E-state index is 3.12. The molecule has 0 N–H and O–H groups in total. The Labute approximate surface area is 445 Å². The van der Waals surface area contributed by atoms with Crippen LogP contribution in [-0.4, -0.2) is 0 Å². The van der Waals surface area contributed by atoms with Gasteiger partial charge in [-0.1, -0.05) is 47.0 Å². The van der Waals surface area contributed by atoms with Crippen LogP contribution in [0.2, 0.25) is 0 Å². The summed E-state index contributed by atoms with van der Waals surface area (Å²) >= 11 is 0. The first-order chi connectivity index (χ1) is 18.9. The van der Waals surface area contributed by atoms with Gasteiger partial charge in [0.15, 0.2) is 0 Å². The Bertz CT molecular complexity index is 1380. The van der Waals surface area contributed by atoms with Crippen molar-refractivity contribution in [3.8, 4) is 11.1 Å². The molecule has 0 aliphatic rings. The molecule has 0 saturated carbocycles. The van der Waals surface area contributed by atoms with Crippen LogP contribution in [0.1, 0.15) is 0 Å². The zero-order valence-corrected chi connectivity index (χ0v) is 44.4. The van der Waals surface area contributed by atoms with Gasteiger partial charge in [0, 0.05) is 11.4 Å². The van der Waals surface area contributed by atoms with Crippen molar-refractivity contribution in [1.29, 1.82) is 0 Å². The molecule has 0 aromatic heterocycles. The van der Waals surface area contributed by atoms with Gasteiger partial charge in [-0.3, -0.25) is 0 Å². The quantitative estimate of drug-likeness (QED) is 0.165. The van der Waals surface area contributed by atoms with Crippen LogP contribution in [-0.2, 0) is 0 Å². The summed E-state index contributed by atoms with van der Waals surface area (Å²) in [5, 5.41) is 0. The van der Waals surface area contributed by atoms with E-state index in [0.29, 0.717) is 0 Å². The second-order valence-corrected chi connectivity index (χ2v) is 8.80. The van der Waals surface area contributed by atoms with Crippen molar-refractivity contribution in [2.45, 2.75) is 0 Å². The third kappa shape index (κ3) is 10.6. The number of benzene rings is 6. The fourth-order valence-corrected chi connectivity index (χ4v) is 4.61. The largest absolute Gasteiger partial charge is 1.00 e. The van der Waals surface area contributed by atoms with Gasteiger partial charge in [-0.25, -0.2) is 0 Å². The predicted molar refractivity (Wildman–Crippen MR) is 157 cm³/mol. The third-order valence-electron chi connectivity index (χ3n) is 6.42. The second-order valence-electron chi connectivity index (χ2n) is 8.80. The fourth-order valence-electron chi connectivity index (χ4n) is 4.61. The Morgan fingerprint density at radius 1 is 0.262 bits per heavy atom. The van der Waals surface area contributed by atoms with Crippen molar-refractivity contribution in [2.75, 3.05) is 9.80 Å². The molecule has 2 nitrogen and oxygen atoms in total. The van der Waals surface area contributed by atoms with E-state index in [1.54, 1.807) is 0 Å². The van der Waals surface area contributed by atoms with Crippen LogP contribution in [0.5, 0.6) is 0 Å². The molecule has 0 unspecified atom stereocenters. The number of rotatable bonds is 7. The molecule has 42 heavy (non-hydrogen) atoms. The van der Waals surface area contributed by atoms with Gasteiger partial charge in [0.2, 0.25) is 0 Å². The number of anilines is 6. The molecule has 0 heterocycles. The summed E-state index contributed by atoms with van der Waals surface area (Å²) in [7, 11) is 0. The van der Waals surface area contributed by atoms with Crippen LogP contribution in [0, 0.1) is 24.3 Å². The molecule has 6 heteroatoms. The predicted octanol–water partition coefficient (Wildman–Crippen LogP) is -2.49. The Morgan fingerprint density at radius 3 is 0.667 bits per heavy atom. The third-order valence-corrected chi connectivity index (χ3v) is 6.42. The van der Waals surface area contributed by atoms with Crippen LogP contribution in [0.25, 0.3) is 11.1 Å². The fraction of sp³-hybridized carbons (Fsp3) is 0. The van der Waals surface area contributed by atoms with Gasteiger partial charge in [-0.15, -0.1) is 48.5 Å². The molecule has 0 amide bonds. The minimum absolute atomic E-state index is 0. The topological polar surface area (TPSA) is 6.48 Å². The van der Waals surface area contributed by atoms with E-state index in [-0.39, 0.29) is 233 Å². The van der Waals surface area contributed by atoms with Gasteiger partial charge in [0.05, 0.1) is 0 Å². The summed E-state index contributed by atoms with van der Waals surface area (Å²) in [6.07, 6.45) is 0. The Morgan fingerprint density at radius 2 is 0.452 bits per heavy atom. The van der Waals surface area contributed by atoms with Gasteiger partial charge in [-0.05, 0) is 35.4 Å². The van der Waals surface area contributed by atoms with Crippen molar-refractivity contribution in [3.05, 3.63) is 170 Å². The monoisotopic (exact) mass is 824 g/mol. The summed E-state index contributed by atoms with van der Waals surface area (Å²) < 4.78 is 0. The molecule has 0 radical (unpaired) electrons. The molecule has 0 fully saturated rings. The van der Waals surface area contributed by atoms with E-state index in [2.05, 4.69) is 131 Å². The van der Waals surface area contributed by atoms with Crippen molar-refractivity contribution < 1.29 is 233 Å². The van der Waals surface area contributed by atoms with Gasteiger partial charge in [0.25, 0.3) is 0 Å². The molecule has 6 aromatic rings. The summed E-state index contributed by atoms with van der Waals surface area (Å²) in [4.78, 5) is 4.47. The zero-order chi connectivity index (χ0) is 25.6. The molecule has 6 aromatic carbocycles. The van der Waals surface area contributed by atoms with Crippen molar-refractivity contribution >= 4 is 34.1 Å². The average Bonchev–Trinajstić information content (AvgIpc) is 3.00. The first-order valence-electron chi connectivity index (χ1n) is 12.5. The van der Waals surface area contributed by atoms with Crippen LogP contribution >= 0.6 is 0 Å². The zero-order valence-electron chi connectivity index (χ0n) is 24.8. The van der Waals surface area contributed by atoms with E-state index in [9.17, 15) is 0 Å². The smallest absolute Gasteiger partial charge is 0.358 e. The van der Waals surface area contributed by atoms with Crippen LogP contribution < -0.4 is 243 Å². The van der Waals surface area contributed by atoms with Crippen molar-refractivity contribution in [2.24, 2.45) is 0 Å². The summed E-state index contributed by atoms with van der Waals surface area (Å²) in [6.45, 7) is 0. The molecular weight excluding hydrogens is 802 g/mol. The van der Waals surface area contributed by atoms with Gasteiger partial charge in [-0.2, -0.15) is 72.8 Å². The molecule has 0 saturated heterocycles. The van der Waals surface area contributed by atoms with Crippen LogP contribution in [0.3, 0.4) is 0 Å².